The Kier molecular flexibility index (Phi) is 5.60. The number of rotatable bonds is 6. The van der Waals surface area contributed by atoms with E-state index in [0.29, 0.717) is 19.5 Å². The molecule has 2 N–H and O–H groups in total. The molecule has 5 heteroatoms. The van der Waals surface area contributed by atoms with Crippen LogP contribution in [0.4, 0.5) is 0 Å². The first-order valence-electron chi connectivity index (χ1n) is 7.48. The summed E-state index contributed by atoms with van der Waals surface area (Å²) in [6.07, 6.45) is 5.28. The summed E-state index contributed by atoms with van der Waals surface area (Å²) >= 11 is 0. The fraction of sp³-hybridized carbons (Fsp3) is 0.929. The van der Waals surface area contributed by atoms with Crippen LogP contribution in [-0.4, -0.2) is 55.4 Å². The zero-order chi connectivity index (χ0) is 13.7. The summed E-state index contributed by atoms with van der Waals surface area (Å²) in [4.78, 5) is 14.2. The Morgan fingerprint density at radius 3 is 2.11 bits per heavy atom. The largest absolute Gasteiger partial charge is 0.376 e. The van der Waals surface area contributed by atoms with E-state index in [-0.39, 0.29) is 18.1 Å². The molecule has 2 saturated heterocycles. The van der Waals surface area contributed by atoms with Crippen molar-refractivity contribution in [3.8, 4) is 0 Å². The molecule has 2 aliphatic heterocycles. The third-order valence-electron chi connectivity index (χ3n) is 3.96. The summed E-state index contributed by atoms with van der Waals surface area (Å²) in [5.41, 5.74) is 5.89. The Bertz CT molecular complexity index is 268. The van der Waals surface area contributed by atoms with Crippen LogP contribution < -0.4 is 5.73 Å². The van der Waals surface area contributed by atoms with Crippen LogP contribution in [-0.2, 0) is 14.3 Å². The molecule has 2 unspecified atom stereocenters. The number of amides is 1. The molecule has 0 aromatic heterocycles. The average molecular weight is 270 g/mol. The molecular formula is C14H26N2O3. The number of carbonyl (C=O) groups excluding carboxylic acids is 1. The van der Waals surface area contributed by atoms with Crippen LogP contribution in [0.15, 0.2) is 0 Å². The molecule has 3 atom stereocenters. The Morgan fingerprint density at radius 2 is 1.74 bits per heavy atom. The lowest BCUT2D eigenvalue weighted by molar-refractivity contribution is -0.136. The van der Waals surface area contributed by atoms with Crippen molar-refractivity contribution in [3.05, 3.63) is 0 Å². The molecule has 2 rings (SSSR count). The topological polar surface area (TPSA) is 64.8 Å². The standard InChI is InChI=1S/C14H26N2O3/c1-2-13(15)14(17)16(9-11-5-3-7-18-11)10-12-6-4-8-19-12/h11-13H,2-10,15H2,1H3/t11?,12?,13-/m1/s1. The van der Waals surface area contributed by atoms with Crippen LogP contribution in [0, 0.1) is 0 Å². The van der Waals surface area contributed by atoms with E-state index < -0.39 is 6.04 Å². The van der Waals surface area contributed by atoms with E-state index in [2.05, 4.69) is 0 Å². The van der Waals surface area contributed by atoms with Gasteiger partial charge >= 0.3 is 0 Å². The number of hydrogen-bond donors (Lipinski definition) is 1. The third-order valence-corrected chi connectivity index (χ3v) is 3.96. The highest BCUT2D eigenvalue weighted by Crippen LogP contribution is 2.18. The van der Waals surface area contributed by atoms with Gasteiger partial charge in [0.1, 0.15) is 0 Å². The van der Waals surface area contributed by atoms with Crippen molar-refractivity contribution in [2.45, 2.75) is 57.3 Å². The molecule has 2 fully saturated rings. The number of nitrogens with two attached hydrogens (primary N) is 1. The second kappa shape index (κ2) is 7.22. The van der Waals surface area contributed by atoms with E-state index in [0.717, 1.165) is 38.9 Å². The van der Waals surface area contributed by atoms with Gasteiger partial charge in [0.25, 0.3) is 0 Å². The minimum absolute atomic E-state index is 0.0356. The second-order valence-electron chi connectivity index (χ2n) is 5.53. The molecule has 0 aromatic rings. The molecule has 1 amide bonds. The summed E-state index contributed by atoms with van der Waals surface area (Å²) in [6, 6.07) is -0.400. The third kappa shape index (κ3) is 4.16. The average Bonchev–Trinajstić information content (AvgIpc) is 3.09. The summed E-state index contributed by atoms with van der Waals surface area (Å²) in [5, 5.41) is 0. The Hall–Kier alpha value is -0.650. The van der Waals surface area contributed by atoms with E-state index in [4.69, 9.17) is 15.2 Å². The molecule has 0 spiro atoms. The predicted octanol–water partition coefficient (Wildman–Crippen LogP) is 0.910. The highest BCUT2D eigenvalue weighted by molar-refractivity contribution is 5.81. The van der Waals surface area contributed by atoms with Crippen molar-refractivity contribution in [2.75, 3.05) is 26.3 Å². The van der Waals surface area contributed by atoms with Gasteiger partial charge in [0.05, 0.1) is 18.2 Å². The van der Waals surface area contributed by atoms with Gasteiger partial charge in [-0.25, -0.2) is 0 Å². The molecule has 0 aromatic carbocycles. The van der Waals surface area contributed by atoms with Crippen molar-refractivity contribution in [1.82, 2.24) is 4.90 Å². The summed E-state index contributed by atoms with van der Waals surface area (Å²) in [7, 11) is 0. The van der Waals surface area contributed by atoms with Gasteiger partial charge in [-0.1, -0.05) is 6.92 Å². The van der Waals surface area contributed by atoms with Crippen LogP contribution in [0.25, 0.3) is 0 Å². The zero-order valence-electron chi connectivity index (χ0n) is 11.8. The van der Waals surface area contributed by atoms with Gasteiger partial charge < -0.3 is 20.1 Å². The monoisotopic (exact) mass is 270 g/mol. The minimum atomic E-state index is -0.400. The normalized spacial score (nSPS) is 28.5. The number of carbonyl (C=O) groups is 1. The number of nitrogens with zero attached hydrogens (tertiary/aromatic N) is 1. The summed E-state index contributed by atoms with van der Waals surface area (Å²) in [5.74, 6) is 0.0356. The van der Waals surface area contributed by atoms with Crippen LogP contribution >= 0.6 is 0 Å². The van der Waals surface area contributed by atoms with Crippen LogP contribution in [0.3, 0.4) is 0 Å². The van der Waals surface area contributed by atoms with Crippen LogP contribution in [0.1, 0.15) is 39.0 Å². The van der Waals surface area contributed by atoms with Crippen LogP contribution in [0.5, 0.6) is 0 Å². The van der Waals surface area contributed by atoms with Crippen LogP contribution in [0.2, 0.25) is 0 Å². The lowest BCUT2D eigenvalue weighted by Gasteiger charge is -2.29. The molecule has 2 heterocycles. The van der Waals surface area contributed by atoms with Gasteiger partial charge in [-0.15, -0.1) is 0 Å². The Balaban J connectivity index is 1.92. The first-order chi connectivity index (χ1) is 9.20. The molecule has 0 aliphatic carbocycles. The van der Waals surface area contributed by atoms with Crippen molar-refractivity contribution in [2.24, 2.45) is 5.73 Å². The molecule has 0 bridgehead atoms. The molecular weight excluding hydrogens is 244 g/mol. The number of hydrogen-bond acceptors (Lipinski definition) is 4. The highest BCUT2D eigenvalue weighted by atomic mass is 16.5. The van der Waals surface area contributed by atoms with Gasteiger partial charge in [-0.3, -0.25) is 4.79 Å². The second-order valence-corrected chi connectivity index (χ2v) is 5.53. The maximum atomic E-state index is 12.3. The Morgan fingerprint density at radius 1 is 1.21 bits per heavy atom. The molecule has 0 radical (unpaired) electrons. The van der Waals surface area contributed by atoms with Gasteiger partial charge in [0.2, 0.25) is 5.91 Å². The van der Waals surface area contributed by atoms with E-state index in [1.54, 1.807) is 0 Å². The van der Waals surface area contributed by atoms with E-state index in [9.17, 15) is 4.79 Å². The Labute approximate surface area is 115 Å². The smallest absolute Gasteiger partial charge is 0.239 e. The van der Waals surface area contributed by atoms with E-state index in [1.807, 2.05) is 11.8 Å². The fourth-order valence-electron chi connectivity index (χ4n) is 2.73. The maximum Gasteiger partial charge on any atom is 0.239 e. The van der Waals surface area contributed by atoms with Gasteiger partial charge in [0, 0.05) is 26.3 Å². The molecule has 2 aliphatic rings. The fourth-order valence-corrected chi connectivity index (χ4v) is 2.73. The van der Waals surface area contributed by atoms with Gasteiger partial charge in [-0.2, -0.15) is 0 Å². The van der Waals surface area contributed by atoms with Gasteiger partial charge in [0.15, 0.2) is 0 Å². The summed E-state index contributed by atoms with van der Waals surface area (Å²) in [6.45, 7) is 4.89. The summed E-state index contributed by atoms with van der Waals surface area (Å²) < 4.78 is 11.3. The van der Waals surface area contributed by atoms with Crippen molar-refractivity contribution >= 4 is 5.91 Å². The van der Waals surface area contributed by atoms with E-state index in [1.165, 1.54) is 0 Å². The lowest BCUT2D eigenvalue weighted by Crippen LogP contribution is -2.49. The van der Waals surface area contributed by atoms with Crippen molar-refractivity contribution in [3.63, 3.8) is 0 Å². The first kappa shape index (κ1) is 14.8. The molecule has 0 saturated carbocycles. The van der Waals surface area contributed by atoms with E-state index >= 15 is 0 Å². The number of ether oxygens (including phenoxy) is 2. The quantitative estimate of drug-likeness (QED) is 0.779. The first-order valence-corrected chi connectivity index (χ1v) is 7.48. The maximum absolute atomic E-state index is 12.3. The molecule has 19 heavy (non-hydrogen) atoms. The van der Waals surface area contributed by atoms with Crippen molar-refractivity contribution in [1.29, 1.82) is 0 Å². The molecule has 110 valence electrons. The van der Waals surface area contributed by atoms with Gasteiger partial charge in [-0.05, 0) is 32.1 Å². The highest BCUT2D eigenvalue weighted by Gasteiger charge is 2.28. The molecule has 5 nitrogen and oxygen atoms in total. The zero-order valence-corrected chi connectivity index (χ0v) is 11.8. The predicted molar refractivity (Wildman–Crippen MR) is 72.8 cm³/mol. The lowest BCUT2D eigenvalue weighted by atomic mass is 10.1. The van der Waals surface area contributed by atoms with Crippen molar-refractivity contribution < 1.29 is 14.3 Å². The minimum Gasteiger partial charge on any atom is -0.376 e. The SMILES string of the molecule is CC[C@@H](N)C(=O)N(CC1CCCO1)CC1CCCO1.